The van der Waals surface area contributed by atoms with Crippen LogP contribution in [-0.2, 0) is 4.79 Å². The molecule has 3 unspecified atom stereocenters. The highest BCUT2D eigenvalue weighted by atomic mass is 16.2. The summed E-state index contributed by atoms with van der Waals surface area (Å²) in [6.07, 6.45) is 5.54. The first-order valence-corrected chi connectivity index (χ1v) is 6.69. The van der Waals surface area contributed by atoms with E-state index in [-0.39, 0.29) is 0 Å². The minimum Gasteiger partial charge on any atom is -0.340 e. The van der Waals surface area contributed by atoms with Crippen LogP contribution in [0.2, 0.25) is 0 Å². The van der Waals surface area contributed by atoms with Crippen LogP contribution in [0.25, 0.3) is 0 Å². The average molecular weight is 224 g/mol. The molecule has 3 nitrogen and oxygen atoms in total. The second kappa shape index (κ2) is 5.17. The van der Waals surface area contributed by atoms with Crippen LogP contribution in [0, 0.1) is 5.92 Å². The molecule has 0 aromatic rings. The quantitative estimate of drug-likeness (QED) is 0.775. The summed E-state index contributed by atoms with van der Waals surface area (Å²) in [6, 6.07) is 0.891. The largest absolute Gasteiger partial charge is 0.340 e. The SMILES string of the molecule is CC1CCC(C)N(C(=O)CC2CCCN2)C1. The van der Waals surface area contributed by atoms with Crippen molar-refractivity contribution in [2.75, 3.05) is 13.1 Å². The molecule has 1 N–H and O–H groups in total. The van der Waals surface area contributed by atoms with Crippen molar-refractivity contribution in [2.24, 2.45) is 5.92 Å². The molecule has 0 aliphatic carbocycles. The van der Waals surface area contributed by atoms with Crippen LogP contribution >= 0.6 is 0 Å². The number of nitrogens with zero attached hydrogens (tertiary/aromatic N) is 1. The van der Waals surface area contributed by atoms with Crippen molar-refractivity contribution in [3.63, 3.8) is 0 Å². The van der Waals surface area contributed by atoms with Crippen molar-refractivity contribution < 1.29 is 4.79 Å². The summed E-state index contributed by atoms with van der Waals surface area (Å²) in [5.41, 5.74) is 0. The molecule has 0 radical (unpaired) electrons. The van der Waals surface area contributed by atoms with Gasteiger partial charge in [-0.25, -0.2) is 0 Å². The Morgan fingerprint density at radius 2 is 2.12 bits per heavy atom. The van der Waals surface area contributed by atoms with Crippen molar-refractivity contribution in [1.29, 1.82) is 0 Å². The zero-order valence-electron chi connectivity index (χ0n) is 10.5. The van der Waals surface area contributed by atoms with Gasteiger partial charge in [0, 0.05) is 25.0 Å². The second-order valence-corrected chi connectivity index (χ2v) is 5.58. The molecule has 2 aliphatic rings. The van der Waals surface area contributed by atoms with Gasteiger partial charge in [-0.15, -0.1) is 0 Å². The summed E-state index contributed by atoms with van der Waals surface area (Å²) in [7, 11) is 0. The lowest BCUT2D eigenvalue weighted by Crippen LogP contribution is -2.46. The summed E-state index contributed by atoms with van der Waals surface area (Å²) >= 11 is 0. The summed E-state index contributed by atoms with van der Waals surface area (Å²) in [5, 5.41) is 3.41. The minimum atomic E-state index is 0.360. The standard InChI is InChI=1S/C13H24N2O/c1-10-5-6-11(2)15(9-10)13(16)8-12-4-3-7-14-12/h10-12,14H,3-9H2,1-2H3. The Morgan fingerprint density at radius 1 is 1.31 bits per heavy atom. The molecule has 3 heteroatoms. The molecule has 2 heterocycles. The summed E-state index contributed by atoms with van der Waals surface area (Å²) in [5.74, 6) is 1.04. The Morgan fingerprint density at radius 3 is 2.81 bits per heavy atom. The first-order valence-electron chi connectivity index (χ1n) is 6.69. The molecule has 0 aromatic carbocycles. The predicted octanol–water partition coefficient (Wildman–Crippen LogP) is 1.78. The number of likely N-dealkylation sites (tertiary alicyclic amines) is 1. The fourth-order valence-electron chi connectivity index (χ4n) is 2.90. The number of amides is 1. The van der Waals surface area contributed by atoms with E-state index < -0.39 is 0 Å². The normalized spacial score (nSPS) is 35.4. The number of nitrogens with one attached hydrogen (secondary N) is 1. The van der Waals surface area contributed by atoms with E-state index in [1.165, 1.54) is 25.7 Å². The monoisotopic (exact) mass is 224 g/mol. The lowest BCUT2D eigenvalue weighted by Gasteiger charge is -2.37. The van der Waals surface area contributed by atoms with Crippen molar-refractivity contribution >= 4 is 5.91 Å². The molecule has 0 aromatic heterocycles. The zero-order valence-corrected chi connectivity index (χ0v) is 10.5. The topological polar surface area (TPSA) is 32.3 Å². The molecule has 92 valence electrons. The maximum absolute atomic E-state index is 12.2. The van der Waals surface area contributed by atoms with Gasteiger partial charge >= 0.3 is 0 Å². The fourth-order valence-corrected chi connectivity index (χ4v) is 2.90. The van der Waals surface area contributed by atoms with E-state index in [1.54, 1.807) is 0 Å². The fraction of sp³-hybridized carbons (Fsp3) is 0.923. The number of rotatable bonds is 2. The number of hydrogen-bond donors (Lipinski definition) is 1. The number of carbonyl (C=O) groups is 1. The zero-order chi connectivity index (χ0) is 11.5. The molecule has 2 saturated heterocycles. The molecule has 2 rings (SSSR count). The third kappa shape index (κ3) is 2.76. The summed E-state index contributed by atoms with van der Waals surface area (Å²) in [6.45, 7) is 6.49. The van der Waals surface area contributed by atoms with Crippen LogP contribution in [0.5, 0.6) is 0 Å². The van der Waals surface area contributed by atoms with Crippen LogP contribution in [0.4, 0.5) is 0 Å². The van der Waals surface area contributed by atoms with Crippen LogP contribution in [0.15, 0.2) is 0 Å². The second-order valence-electron chi connectivity index (χ2n) is 5.58. The van der Waals surface area contributed by atoms with E-state index in [0.29, 0.717) is 30.3 Å². The first-order chi connectivity index (χ1) is 7.66. The van der Waals surface area contributed by atoms with E-state index in [0.717, 1.165) is 13.1 Å². The highest BCUT2D eigenvalue weighted by molar-refractivity contribution is 5.77. The summed E-state index contributed by atoms with van der Waals surface area (Å²) < 4.78 is 0. The third-order valence-corrected chi connectivity index (χ3v) is 4.02. The highest BCUT2D eigenvalue weighted by Gasteiger charge is 2.28. The van der Waals surface area contributed by atoms with E-state index >= 15 is 0 Å². The van der Waals surface area contributed by atoms with Crippen molar-refractivity contribution in [1.82, 2.24) is 10.2 Å². The molecule has 0 saturated carbocycles. The molecule has 16 heavy (non-hydrogen) atoms. The molecule has 2 aliphatic heterocycles. The van der Waals surface area contributed by atoms with Gasteiger partial charge in [-0.3, -0.25) is 4.79 Å². The molecule has 0 bridgehead atoms. The van der Waals surface area contributed by atoms with Crippen molar-refractivity contribution in [3.05, 3.63) is 0 Å². The maximum Gasteiger partial charge on any atom is 0.224 e. The van der Waals surface area contributed by atoms with E-state index in [2.05, 4.69) is 24.1 Å². The minimum absolute atomic E-state index is 0.360. The smallest absolute Gasteiger partial charge is 0.224 e. The van der Waals surface area contributed by atoms with Crippen LogP contribution in [0.1, 0.15) is 46.0 Å². The number of hydrogen-bond acceptors (Lipinski definition) is 2. The van der Waals surface area contributed by atoms with E-state index in [4.69, 9.17) is 0 Å². The Balaban J connectivity index is 1.86. The number of piperidine rings is 1. The maximum atomic E-state index is 12.2. The van der Waals surface area contributed by atoms with Gasteiger partial charge in [0.1, 0.15) is 0 Å². The Bertz CT molecular complexity index is 248. The predicted molar refractivity (Wildman–Crippen MR) is 65.2 cm³/mol. The van der Waals surface area contributed by atoms with Crippen LogP contribution < -0.4 is 5.32 Å². The van der Waals surface area contributed by atoms with Crippen molar-refractivity contribution in [2.45, 2.75) is 58.0 Å². The Labute approximate surface area is 98.6 Å². The molecule has 1 amide bonds. The van der Waals surface area contributed by atoms with Crippen LogP contribution in [0.3, 0.4) is 0 Å². The molecule has 3 atom stereocenters. The molecule has 0 spiro atoms. The Kier molecular flexibility index (Phi) is 3.85. The van der Waals surface area contributed by atoms with Gasteiger partial charge in [-0.05, 0) is 45.1 Å². The van der Waals surface area contributed by atoms with Crippen LogP contribution in [-0.4, -0.2) is 36.0 Å². The summed E-state index contributed by atoms with van der Waals surface area (Å²) in [4.78, 5) is 14.3. The Hall–Kier alpha value is -0.570. The van der Waals surface area contributed by atoms with Gasteiger partial charge in [0.25, 0.3) is 0 Å². The molecular formula is C13H24N2O. The molecular weight excluding hydrogens is 200 g/mol. The number of carbonyl (C=O) groups excluding carboxylic acids is 1. The van der Waals surface area contributed by atoms with Gasteiger partial charge < -0.3 is 10.2 Å². The van der Waals surface area contributed by atoms with E-state index in [9.17, 15) is 4.79 Å². The van der Waals surface area contributed by atoms with Gasteiger partial charge in [0.15, 0.2) is 0 Å². The van der Waals surface area contributed by atoms with Gasteiger partial charge in [-0.1, -0.05) is 6.92 Å². The highest BCUT2D eigenvalue weighted by Crippen LogP contribution is 2.23. The van der Waals surface area contributed by atoms with Crippen molar-refractivity contribution in [3.8, 4) is 0 Å². The van der Waals surface area contributed by atoms with E-state index in [1.807, 2.05) is 0 Å². The van der Waals surface area contributed by atoms with Gasteiger partial charge in [-0.2, -0.15) is 0 Å². The van der Waals surface area contributed by atoms with Gasteiger partial charge in [0.05, 0.1) is 0 Å². The average Bonchev–Trinajstić information content (AvgIpc) is 2.74. The van der Waals surface area contributed by atoms with Gasteiger partial charge in [0.2, 0.25) is 5.91 Å². The first kappa shape index (κ1) is 11.9. The third-order valence-electron chi connectivity index (χ3n) is 4.02. The lowest BCUT2D eigenvalue weighted by atomic mass is 9.94. The molecule has 2 fully saturated rings. The lowest BCUT2D eigenvalue weighted by molar-refractivity contribution is -0.135.